The number of halogens is 1. The zero-order valence-electron chi connectivity index (χ0n) is 16.7. The summed E-state index contributed by atoms with van der Waals surface area (Å²) in [6.45, 7) is 17.4. The summed E-state index contributed by atoms with van der Waals surface area (Å²) in [7, 11) is 0. The van der Waals surface area contributed by atoms with Crippen LogP contribution in [0.15, 0.2) is 25.3 Å². The second kappa shape index (κ2) is 19.1. The van der Waals surface area contributed by atoms with Gasteiger partial charge in [0.05, 0.1) is 26.2 Å². The molecular weight excluding hydrogens is 314 g/mol. The van der Waals surface area contributed by atoms with Crippen LogP contribution in [0.25, 0.3) is 0 Å². The lowest BCUT2D eigenvalue weighted by atomic mass is 10.1. The Morgan fingerprint density at radius 3 is 1.25 bits per heavy atom. The van der Waals surface area contributed by atoms with Gasteiger partial charge >= 0.3 is 0 Å². The van der Waals surface area contributed by atoms with Crippen LogP contribution in [0.1, 0.15) is 90.9 Å². The highest BCUT2D eigenvalue weighted by molar-refractivity contribution is 4.72. The fourth-order valence-electron chi connectivity index (χ4n) is 3.55. The number of quaternary nitrogens is 1. The van der Waals surface area contributed by atoms with Gasteiger partial charge < -0.3 is 16.9 Å². The van der Waals surface area contributed by atoms with Crippen LogP contribution in [0, 0.1) is 0 Å². The number of hydrogen-bond acceptors (Lipinski definition) is 0. The Labute approximate surface area is 159 Å². The first-order chi connectivity index (χ1) is 11.2. The fraction of sp³-hybridized carbons (Fsp3) is 0.818. The molecule has 0 rings (SSSR count). The zero-order chi connectivity index (χ0) is 17.2. The van der Waals surface area contributed by atoms with E-state index in [-0.39, 0.29) is 12.4 Å². The van der Waals surface area contributed by atoms with Crippen LogP contribution in [0.2, 0.25) is 0 Å². The van der Waals surface area contributed by atoms with Crippen LogP contribution in [0.5, 0.6) is 0 Å². The molecule has 0 fully saturated rings. The van der Waals surface area contributed by atoms with Gasteiger partial charge in [0.2, 0.25) is 0 Å². The van der Waals surface area contributed by atoms with E-state index in [1.54, 1.807) is 0 Å². The van der Waals surface area contributed by atoms with Crippen molar-refractivity contribution in [3.05, 3.63) is 25.3 Å². The monoisotopic (exact) mass is 357 g/mol. The van der Waals surface area contributed by atoms with Crippen molar-refractivity contribution in [3.63, 3.8) is 0 Å². The molecule has 0 aromatic carbocycles. The average molecular weight is 358 g/mol. The summed E-state index contributed by atoms with van der Waals surface area (Å²) in [5.41, 5.74) is 0. The molecule has 0 atom stereocenters. The lowest BCUT2D eigenvalue weighted by molar-refractivity contribution is -0.917. The molecule has 0 radical (unpaired) electrons. The van der Waals surface area contributed by atoms with Crippen molar-refractivity contribution in [3.8, 4) is 0 Å². The van der Waals surface area contributed by atoms with Crippen LogP contribution in [-0.2, 0) is 0 Å². The Kier molecular flexibility index (Phi) is 20.6. The van der Waals surface area contributed by atoms with Gasteiger partial charge in [-0.1, -0.05) is 78.4 Å². The molecule has 0 saturated carbocycles. The molecule has 0 aliphatic rings. The normalized spacial score (nSPS) is 11.1. The van der Waals surface area contributed by atoms with Crippen molar-refractivity contribution >= 4 is 0 Å². The van der Waals surface area contributed by atoms with Crippen LogP contribution in [-0.4, -0.2) is 30.7 Å². The summed E-state index contributed by atoms with van der Waals surface area (Å²) < 4.78 is 1.19. The van der Waals surface area contributed by atoms with Crippen molar-refractivity contribution < 1.29 is 16.9 Å². The second-order valence-corrected chi connectivity index (χ2v) is 7.27. The zero-order valence-corrected chi connectivity index (χ0v) is 17.5. The highest BCUT2D eigenvalue weighted by atomic mass is 35.5. The van der Waals surface area contributed by atoms with E-state index in [0.29, 0.717) is 0 Å². The first-order valence-electron chi connectivity index (χ1n) is 10.3. The Hall–Kier alpha value is -0.270. The molecule has 0 unspecified atom stereocenters. The van der Waals surface area contributed by atoms with E-state index in [1.807, 2.05) is 0 Å². The number of nitrogens with zero attached hydrogens (tertiary/aromatic N) is 1. The molecule has 0 N–H and O–H groups in total. The minimum atomic E-state index is 0. The van der Waals surface area contributed by atoms with Gasteiger partial charge in [-0.15, -0.1) is 0 Å². The smallest absolute Gasteiger partial charge is 0.0973 e. The van der Waals surface area contributed by atoms with Crippen LogP contribution < -0.4 is 12.4 Å². The third-order valence-corrected chi connectivity index (χ3v) is 5.00. The van der Waals surface area contributed by atoms with Gasteiger partial charge in [-0.05, 0) is 37.8 Å². The third-order valence-electron chi connectivity index (χ3n) is 5.00. The molecule has 0 aliphatic heterocycles. The molecule has 1 nitrogen and oxygen atoms in total. The van der Waals surface area contributed by atoms with E-state index >= 15 is 0 Å². The Balaban J connectivity index is 0. The predicted octanol–water partition coefficient (Wildman–Crippen LogP) is 3.90. The minimum Gasteiger partial charge on any atom is -1.00 e. The van der Waals surface area contributed by atoms with Gasteiger partial charge in [-0.25, -0.2) is 0 Å². The van der Waals surface area contributed by atoms with E-state index < -0.39 is 0 Å². The standard InChI is InChI=1S/C22H44N.ClH/c1-5-9-11-13-15-17-21-23(19-7-3,20-8-4)22-18-16-14-12-10-6-2;/h7-8H,3-6,9-22H2,1-2H3;1H/q+1;/p-1. The summed E-state index contributed by atoms with van der Waals surface area (Å²) in [5.74, 6) is 0. The summed E-state index contributed by atoms with van der Waals surface area (Å²) in [6.07, 6.45) is 20.9. The van der Waals surface area contributed by atoms with E-state index in [4.69, 9.17) is 0 Å². The molecule has 24 heavy (non-hydrogen) atoms. The van der Waals surface area contributed by atoms with E-state index in [9.17, 15) is 0 Å². The van der Waals surface area contributed by atoms with Crippen molar-refractivity contribution in [2.45, 2.75) is 90.9 Å². The maximum absolute atomic E-state index is 4.02. The first-order valence-corrected chi connectivity index (χ1v) is 10.3. The number of unbranched alkanes of at least 4 members (excludes halogenated alkanes) is 10. The Morgan fingerprint density at radius 1 is 0.583 bits per heavy atom. The topological polar surface area (TPSA) is 0 Å². The molecule has 0 heterocycles. The van der Waals surface area contributed by atoms with Crippen LogP contribution in [0.4, 0.5) is 0 Å². The molecule has 0 amide bonds. The molecule has 0 aromatic heterocycles. The maximum atomic E-state index is 4.02. The highest BCUT2D eigenvalue weighted by Crippen LogP contribution is 2.16. The fourth-order valence-corrected chi connectivity index (χ4v) is 3.55. The van der Waals surface area contributed by atoms with Crippen LogP contribution in [0.3, 0.4) is 0 Å². The Bertz CT molecular complexity index is 247. The summed E-state index contributed by atoms with van der Waals surface area (Å²) >= 11 is 0. The van der Waals surface area contributed by atoms with Crippen molar-refractivity contribution in [1.82, 2.24) is 0 Å². The third kappa shape index (κ3) is 14.1. The highest BCUT2D eigenvalue weighted by Gasteiger charge is 2.23. The molecule has 0 aromatic rings. The SMILES string of the molecule is C=CC[N+](CC=C)(CCCCCCCC)CCCCCCCC.[Cl-]. The predicted molar refractivity (Wildman–Crippen MR) is 107 cm³/mol. The molecule has 0 saturated heterocycles. The molecule has 0 bridgehead atoms. The summed E-state index contributed by atoms with van der Waals surface area (Å²) in [6, 6.07) is 0. The molecule has 144 valence electrons. The quantitative estimate of drug-likeness (QED) is 0.198. The van der Waals surface area contributed by atoms with Gasteiger partial charge in [-0.2, -0.15) is 0 Å². The first kappa shape index (κ1) is 26.0. The summed E-state index contributed by atoms with van der Waals surface area (Å²) in [5, 5.41) is 0. The van der Waals surface area contributed by atoms with Gasteiger partial charge in [0, 0.05) is 0 Å². The van der Waals surface area contributed by atoms with E-state index in [0.717, 1.165) is 13.1 Å². The van der Waals surface area contributed by atoms with Crippen molar-refractivity contribution in [2.24, 2.45) is 0 Å². The Morgan fingerprint density at radius 2 is 0.917 bits per heavy atom. The van der Waals surface area contributed by atoms with Crippen LogP contribution >= 0.6 is 0 Å². The van der Waals surface area contributed by atoms with Crippen molar-refractivity contribution in [2.75, 3.05) is 26.2 Å². The largest absolute Gasteiger partial charge is 1.00 e. The van der Waals surface area contributed by atoms with E-state index in [2.05, 4.69) is 39.2 Å². The van der Waals surface area contributed by atoms with Gasteiger partial charge in [0.1, 0.15) is 0 Å². The molecule has 2 heteroatoms. The minimum absolute atomic E-state index is 0. The van der Waals surface area contributed by atoms with Crippen molar-refractivity contribution in [1.29, 1.82) is 0 Å². The lowest BCUT2D eigenvalue weighted by Crippen LogP contribution is -3.00. The van der Waals surface area contributed by atoms with E-state index in [1.165, 1.54) is 94.6 Å². The average Bonchev–Trinajstić information content (AvgIpc) is 2.54. The second-order valence-electron chi connectivity index (χ2n) is 7.27. The number of hydrogen-bond donors (Lipinski definition) is 0. The molecular formula is C22H44ClN. The lowest BCUT2D eigenvalue weighted by Gasteiger charge is -2.37. The van der Waals surface area contributed by atoms with Gasteiger partial charge in [0.15, 0.2) is 0 Å². The number of rotatable bonds is 18. The molecule has 0 aliphatic carbocycles. The maximum Gasteiger partial charge on any atom is 0.0973 e. The summed E-state index contributed by atoms with van der Waals surface area (Å²) in [4.78, 5) is 0. The molecule has 0 spiro atoms. The van der Waals surface area contributed by atoms with Gasteiger partial charge in [0.25, 0.3) is 0 Å². The van der Waals surface area contributed by atoms with Gasteiger partial charge in [-0.3, -0.25) is 0 Å².